The zero-order valence-electron chi connectivity index (χ0n) is 15.1. The van der Waals surface area contributed by atoms with Gasteiger partial charge in [-0.15, -0.1) is 0 Å². The molecule has 2 rings (SSSR count). The Bertz CT molecular complexity index is 397. The number of nitrogens with one attached hydrogen (secondary N) is 1. The van der Waals surface area contributed by atoms with Crippen LogP contribution in [0.15, 0.2) is 0 Å². The molecular weight excluding hydrogens is 296 g/mol. The van der Waals surface area contributed by atoms with Crippen molar-refractivity contribution in [2.45, 2.75) is 76.3 Å². The Hall–Kier alpha value is -0.850. The Morgan fingerprint density at radius 2 is 1.87 bits per heavy atom. The van der Waals surface area contributed by atoms with Gasteiger partial charge in [-0.05, 0) is 46.5 Å². The second-order valence-corrected chi connectivity index (χ2v) is 7.65. The van der Waals surface area contributed by atoms with Crippen molar-refractivity contribution in [3.8, 4) is 0 Å². The maximum absolute atomic E-state index is 12.3. The van der Waals surface area contributed by atoms with Crippen LogP contribution >= 0.6 is 0 Å². The average Bonchev–Trinajstić information content (AvgIpc) is 2.89. The van der Waals surface area contributed by atoms with Crippen LogP contribution in [-0.4, -0.2) is 68.2 Å². The molecule has 0 aromatic carbocycles. The van der Waals surface area contributed by atoms with Crippen LogP contribution in [0.25, 0.3) is 0 Å². The van der Waals surface area contributed by atoms with Gasteiger partial charge in [-0.2, -0.15) is 0 Å². The Morgan fingerprint density at radius 3 is 2.48 bits per heavy atom. The lowest BCUT2D eigenvalue weighted by molar-refractivity contribution is 0.0251. The third-order valence-electron chi connectivity index (χ3n) is 4.63. The number of hydrogen-bond acceptors (Lipinski definition) is 5. The number of rotatable bonds is 4. The lowest BCUT2D eigenvalue weighted by Crippen LogP contribution is -2.48. The van der Waals surface area contributed by atoms with Crippen molar-refractivity contribution in [3.05, 3.63) is 0 Å². The third-order valence-corrected chi connectivity index (χ3v) is 4.63. The van der Waals surface area contributed by atoms with E-state index in [4.69, 9.17) is 14.2 Å². The standard InChI is InChI=1S/C17H32N2O4/c1-17(2,3)23-16(20)19-10-14(15(11-19)22-5)18-12-7-6-8-13(9-12)21-4/h12-15,18H,6-11H2,1-5H3/t12?,13?,14?,15-/m0/s1. The van der Waals surface area contributed by atoms with Gasteiger partial charge < -0.3 is 24.4 Å². The number of carbonyl (C=O) groups is 1. The Kier molecular flexibility index (Phi) is 6.28. The second kappa shape index (κ2) is 7.81. The largest absolute Gasteiger partial charge is 0.444 e. The molecule has 1 aliphatic carbocycles. The first-order valence-corrected chi connectivity index (χ1v) is 8.62. The van der Waals surface area contributed by atoms with Gasteiger partial charge in [0.15, 0.2) is 0 Å². The highest BCUT2D eigenvalue weighted by Gasteiger charge is 2.38. The molecule has 1 aliphatic heterocycles. The van der Waals surface area contributed by atoms with E-state index in [-0.39, 0.29) is 18.2 Å². The molecule has 1 N–H and O–H groups in total. The Balaban J connectivity index is 1.90. The summed E-state index contributed by atoms with van der Waals surface area (Å²) in [4.78, 5) is 14.0. The molecule has 4 atom stereocenters. The predicted molar refractivity (Wildman–Crippen MR) is 88.6 cm³/mol. The molecule has 1 saturated carbocycles. The fraction of sp³-hybridized carbons (Fsp3) is 0.941. The van der Waals surface area contributed by atoms with Crippen LogP contribution in [0.1, 0.15) is 46.5 Å². The van der Waals surface area contributed by atoms with Crippen molar-refractivity contribution in [2.75, 3.05) is 27.3 Å². The first-order chi connectivity index (χ1) is 10.8. The summed E-state index contributed by atoms with van der Waals surface area (Å²) in [6.07, 6.45) is 4.57. The predicted octanol–water partition coefficient (Wildman–Crippen LogP) is 2.17. The molecular formula is C17H32N2O4. The number of carbonyl (C=O) groups excluding carboxylic acids is 1. The number of ether oxygens (including phenoxy) is 3. The first-order valence-electron chi connectivity index (χ1n) is 8.62. The van der Waals surface area contributed by atoms with Crippen LogP contribution in [-0.2, 0) is 14.2 Å². The van der Waals surface area contributed by atoms with Crippen molar-refractivity contribution < 1.29 is 19.0 Å². The molecule has 6 heteroatoms. The van der Waals surface area contributed by atoms with E-state index in [0.717, 1.165) is 19.3 Å². The van der Waals surface area contributed by atoms with E-state index in [1.165, 1.54) is 6.42 Å². The molecule has 1 heterocycles. The van der Waals surface area contributed by atoms with Crippen LogP contribution in [0, 0.1) is 0 Å². The Morgan fingerprint density at radius 1 is 1.13 bits per heavy atom. The lowest BCUT2D eigenvalue weighted by Gasteiger charge is -2.32. The van der Waals surface area contributed by atoms with Gasteiger partial charge in [0.2, 0.25) is 0 Å². The van der Waals surface area contributed by atoms with Crippen molar-refractivity contribution in [3.63, 3.8) is 0 Å². The summed E-state index contributed by atoms with van der Waals surface area (Å²) in [5.41, 5.74) is -0.472. The highest BCUT2D eigenvalue weighted by atomic mass is 16.6. The summed E-state index contributed by atoms with van der Waals surface area (Å²) in [6.45, 7) is 6.86. The normalized spacial score (nSPS) is 32.1. The molecule has 1 amide bonds. The molecule has 0 spiro atoms. The van der Waals surface area contributed by atoms with Gasteiger partial charge in [0.1, 0.15) is 5.60 Å². The van der Waals surface area contributed by atoms with Crippen LogP contribution in [0.5, 0.6) is 0 Å². The molecule has 23 heavy (non-hydrogen) atoms. The summed E-state index contributed by atoms with van der Waals surface area (Å²) in [5.74, 6) is 0. The number of likely N-dealkylation sites (tertiary alicyclic amines) is 1. The highest BCUT2D eigenvalue weighted by molar-refractivity contribution is 5.68. The molecule has 6 nitrogen and oxygen atoms in total. The summed E-state index contributed by atoms with van der Waals surface area (Å²) in [7, 11) is 3.49. The molecule has 0 bridgehead atoms. The van der Waals surface area contributed by atoms with E-state index in [0.29, 0.717) is 25.2 Å². The zero-order chi connectivity index (χ0) is 17.0. The number of amides is 1. The van der Waals surface area contributed by atoms with Crippen molar-refractivity contribution >= 4 is 6.09 Å². The molecule has 0 radical (unpaired) electrons. The monoisotopic (exact) mass is 328 g/mol. The van der Waals surface area contributed by atoms with Gasteiger partial charge in [0.05, 0.1) is 24.8 Å². The van der Waals surface area contributed by atoms with E-state index >= 15 is 0 Å². The van der Waals surface area contributed by atoms with Gasteiger partial charge in [-0.25, -0.2) is 4.79 Å². The first kappa shape index (κ1) is 18.5. The second-order valence-electron chi connectivity index (χ2n) is 7.65. The van der Waals surface area contributed by atoms with Crippen LogP contribution < -0.4 is 5.32 Å². The minimum atomic E-state index is -0.472. The van der Waals surface area contributed by atoms with Crippen molar-refractivity contribution in [2.24, 2.45) is 0 Å². The Labute approximate surface area is 139 Å². The van der Waals surface area contributed by atoms with Gasteiger partial charge in [0.25, 0.3) is 0 Å². The summed E-state index contributed by atoms with van der Waals surface area (Å²) >= 11 is 0. The minimum absolute atomic E-state index is 0.00504. The average molecular weight is 328 g/mol. The number of hydrogen-bond donors (Lipinski definition) is 1. The summed E-state index contributed by atoms with van der Waals surface area (Å²) < 4.78 is 16.6. The molecule has 1 saturated heterocycles. The lowest BCUT2D eigenvalue weighted by atomic mass is 9.92. The van der Waals surface area contributed by atoms with E-state index in [1.807, 2.05) is 20.8 Å². The van der Waals surface area contributed by atoms with Crippen LogP contribution in [0.2, 0.25) is 0 Å². The summed E-state index contributed by atoms with van der Waals surface area (Å²) in [6, 6.07) is 0.572. The smallest absolute Gasteiger partial charge is 0.410 e. The number of methoxy groups -OCH3 is 2. The van der Waals surface area contributed by atoms with Gasteiger partial charge in [-0.1, -0.05) is 0 Å². The van der Waals surface area contributed by atoms with Gasteiger partial charge in [0, 0.05) is 26.8 Å². The molecule has 2 aliphatic rings. The molecule has 0 aromatic heterocycles. The van der Waals surface area contributed by atoms with Crippen LogP contribution in [0.4, 0.5) is 4.79 Å². The summed E-state index contributed by atoms with van der Waals surface area (Å²) in [5, 5.41) is 3.68. The van der Waals surface area contributed by atoms with Gasteiger partial charge in [-0.3, -0.25) is 0 Å². The molecule has 134 valence electrons. The molecule has 2 fully saturated rings. The molecule has 3 unspecified atom stereocenters. The van der Waals surface area contributed by atoms with Crippen molar-refractivity contribution in [1.29, 1.82) is 0 Å². The maximum atomic E-state index is 12.3. The quantitative estimate of drug-likeness (QED) is 0.857. The zero-order valence-corrected chi connectivity index (χ0v) is 15.1. The number of nitrogens with zero attached hydrogens (tertiary/aromatic N) is 1. The van der Waals surface area contributed by atoms with E-state index < -0.39 is 5.60 Å². The van der Waals surface area contributed by atoms with E-state index in [9.17, 15) is 4.79 Å². The van der Waals surface area contributed by atoms with E-state index in [2.05, 4.69) is 5.32 Å². The van der Waals surface area contributed by atoms with Gasteiger partial charge >= 0.3 is 6.09 Å². The fourth-order valence-corrected chi connectivity index (χ4v) is 3.46. The topological polar surface area (TPSA) is 60.0 Å². The highest BCUT2D eigenvalue weighted by Crippen LogP contribution is 2.24. The van der Waals surface area contributed by atoms with E-state index in [1.54, 1.807) is 19.1 Å². The third kappa shape index (κ3) is 5.33. The van der Waals surface area contributed by atoms with Crippen molar-refractivity contribution in [1.82, 2.24) is 10.2 Å². The minimum Gasteiger partial charge on any atom is -0.444 e. The SMILES string of the molecule is COC1CCCC(NC2CN(C(=O)OC(C)(C)C)C[C@@H]2OC)C1. The molecule has 0 aromatic rings. The fourth-order valence-electron chi connectivity index (χ4n) is 3.46. The maximum Gasteiger partial charge on any atom is 0.410 e. The van der Waals surface area contributed by atoms with Crippen LogP contribution in [0.3, 0.4) is 0 Å².